The largest absolute Gasteiger partial charge is 0.481 e. The van der Waals surface area contributed by atoms with Crippen LogP contribution in [0, 0.1) is 20.8 Å². The molecule has 35 heteroatoms. The zero-order valence-electron chi connectivity index (χ0n) is 78.4. The molecule has 4 amide bonds. The van der Waals surface area contributed by atoms with Crippen LogP contribution in [0.5, 0.6) is 0 Å². The Morgan fingerprint density at radius 1 is 0.607 bits per heavy atom. The van der Waals surface area contributed by atoms with Crippen molar-refractivity contribution in [1.29, 1.82) is 0 Å². The Bertz CT molecular complexity index is 6270. The van der Waals surface area contributed by atoms with Gasteiger partial charge in [0.25, 0.3) is 30.4 Å². The van der Waals surface area contributed by atoms with Crippen molar-refractivity contribution in [2.24, 2.45) is 0 Å². The number of aryl methyl sites for hydroxylation is 7. The van der Waals surface area contributed by atoms with E-state index >= 15 is 8.42 Å². The van der Waals surface area contributed by atoms with Crippen molar-refractivity contribution in [3.05, 3.63) is 214 Å². The van der Waals surface area contributed by atoms with Crippen LogP contribution in [-0.2, 0) is 120 Å². The van der Waals surface area contributed by atoms with Gasteiger partial charge < -0.3 is 36.6 Å². The molecular formula is C100H129N14O17S4+. The number of nitrogens with one attached hydrogen (secondary N) is 5. The van der Waals surface area contributed by atoms with Crippen LogP contribution in [0.3, 0.4) is 0 Å². The van der Waals surface area contributed by atoms with E-state index in [-0.39, 0.29) is 124 Å². The number of carboxylic acids is 1. The number of sulfonamides is 1. The summed E-state index contributed by atoms with van der Waals surface area (Å²) in [4.78, 5) is 96.6. The molecule has 135 heavy (non-hydrogen) atoms. The number of hydrogen-bond donors (Lipinski definition) is 9. The van der Waals surface area contributed by atoms with Crippen LogP contribution in [-0.4, -0.2) is 184 Å². The van der Waals surface area contributed by atoms with E-state index in [1.807, 2.05) is 68.4 Å². The molecule has 8 aromatic rings. The highest BCUT2D eigenvalue weighted by atomic mass is 32.2. The number of hydrogen-bond acceptors (Lipinski definition) is 21. The second-order valence-corrected chi connectivity index (χ2v) is 43.6. The van der Waals surface area contributed by atoms with E-state index in [1.165, 1.54) is 35.1 Å². The number of amides is 4. The van der Waals surface area contributed by atoms with Crippen LogP contribution in [0.1, 0.15) is 260 Å². The van der Waals surface area contributed by atoms with E-state index in [9.17, 15) is 68.0 Å². The Labute approximate surface area is 794 Å². The summed E-state index contributed by atoms with van der Waals surface area (Å²) in [5, 5.41) is 27.4. The van der Waals surface area contributed by atoms with Gasteiger partial charge in [-0.15, -0.1) is 0 Å². The number of allylic oxidation sites excluding steroid dienone is 6. The van der Waals surface area contributed by atoms with Gasteiger partial charge in [0.15, 0.2) is 5.71 Å². The molecule has 7 heterocycles. The Morgan fingerprint density at radius 2 is 1.24 bits per heavy atom. The molecule has 1 aliphatic carbocycles. The molecule has 9 N–H and O–H groups in total. The molecule has 4 aromatic heterocycles. The van der Waals surface area contributed by atoms with E-state index in [2.05, 4.69) is 58.7 Å². The number of aromatic nitrogens is 6. The fourth-order valence-corrected chi connectivity index (χ4v) is 21.9. The molecule has 0 fully saturated rings. The topological polar surface area (TPSA) is 450 Å². The van der Waals surface area contributed by atoms with Crippen molar-refractivity contribution < 1.29 is 81.0 Å². The highest BCUT2D eigenvalue weighted by molar-refractivity contribution is 7.89. The van der Waals surface area contributed by atoms with Crippen LogP contribution in [0.2, 0.25) is 0 Å². The van der Waals surface area contributed by atoms with E-state index in [0.717, 1.165) is 171 Å². The molecule has 0 saturated carbocycles. The Balaban J connectivity index is 0.690. The predicted molar refractivity (Wildman–Crippen MR) is 521 cm³/mol. The van der Waals surface area contributed by atoms with Crippen molar-refractivity contribution in [3.63, 3.8) is 0 Å². The van der Waals surface area contributed by atoms with Crippen LogP contribution in [0.15, 0.2) is 143 Å². The number of aliphatic carboxylic acids is 1. The first-order valence-corrected chi connectivity index (χ1v) is 53.2. The first-order chi connectivity index (χ1) is 64.2. The van der Waals surface area contributed by atoms with E-state index in [1.54, 1.807) is 80.3 Å². The Morgan fingerprint density at radius 3 is 1.93 bits per heavy atom. The number of pyridine rings is 2. The van der Waals surface area contributed by atoms with Gasteiger partial charge in [-0.25, -0.2) is 37.6 Å². The minimum Gasteiger partial charge on any atom is -0.481 e. The smallest absolute Gasteiger partial charge is 0.303 e. The molecule has 0 bridgehead atoms. The second-order valence-electron chi connectivity index (χ2n) is 37.0. The summed E-state index contributed by atoms with van der Waals surface area (Å²) in [5.74, 6) is -1.63. The van der Waals surface area contributed by atoms with Crippen molar-refractivity contribution in [1.82, 2.24) is 55.5 Å². The fourth-order valence-electron chi connectivity index (χ4n) is 19.0. The zero-order chi connectivity index (χ0) is 97.0. The predicted octanol–water partition coefficient (Wildman–Crippen LogP) is 14.5. The summed E-state index contributed by atoms with van der Waals surface area (Å²) in [7, 11) is -16.2. The molecule has 31 nitrogen and oxygen atoms in total. The lowest BCUT2D eigenvalue weighted by molar-refractivity contribution is -0.437. The minimum atomic E-state index is -4.59. The van der Waals surface area contributed by atoms with Crippen molar-refractivity contribution in [2.75, 3.05) is 61.5 Å². The normalized spacial score (nSPS) is 15.8. The lowest BCUT2D eigenvalue weighted by Crippen LogP contribution is -2.46. The third kappa shape index (κ3) is 27.9. The number of anilines is 2. The third-order valence-electron chi connectivity index (χ3n) is 26.2. The monoisotopic (exact) mass is 1930 g/mol. The van der Waals surface area contributed by atoms with Gasteiger partial charge in [0, 0.05) is 154 Å². The second kappa shape index (κ2) is 46.5. The molecule has 4 aromatic carbocycles. The molecule has 0 saturated heterocycles. The number of nitrogens with zero attached hydrogens (tertiary/aromatic N) is 9. The molecule has 3 aliphatic heterocycles. The van der Waals surface area contributed by atoms with Gasteiger partial charge in [0.2, 0.25) is 39.3 Å². The summed E-state index contributed by atoms with van der Waals surface area (Å²) in [6.45, 7) is 19.6. The van der Waals surface area contributed by atoms with Gasteiger partial charge >= 0.3 is 5.97 Å². The van der Waals surface area contributed by atoms with Gasteiger partial charge in [0.05, 0.1) is 33.1 Å². The van der Waals surface area contributed by atoms with Gasteiger partial charge in [-0.1, -0.05) is 101 Å². The summed E-state index contributed by atoms with van der Waals surface area (Å²) in [6, 6.07) is 19.7. The fraction of sp³-hybridized carbons (Fsp3) is 0.490. The highest BCUT2D eigenvalue weighted by Crippen LogP contribution is 2.52. The van der Waals surface area contributed by atoms with E-state index in [4.69, 9.17) is 16.9 Å². The first-order valence-electron chi connectivity index (χ1n) is 47.1. The summed E-state index contributed by atoms with van der Waals surface area (Å²) in [6.07, 6.45) is 32.7. The number of carbonyl (C=O) groups is 5. The lowest BCUT2D eigenvalue weighted by atomic mass is 9.79. The van der Waals surface area contributed by atoms with Gasteiger partial charge in [0.1, 0.15) is 30.1 Å². The highest BCUT2D eigenvalue weighted by Gasteiger charge is 2.47. The van der Waals surface area contributed by atoms with Gasteiger partial charge in [-0.05, 0) is 253 Å². The number of rotatable bonds is 50. The standard InChI is InChI=1S/C100H128N14O17S4/c1-67(76-63-103-68(2)104-64-76)29-14-9-11-17-35-84-75(58-73-32-25-51-102-97(73)111-84)62-108-98(120)85(37-22-23-50-101-91(115)48-49-92(116)107-61-74-57-72-31-20-21-36-82(72)109-83(74)34-16-12-10-15-30-71(59-94(118)119)77-65-105-69(3)106-66-77)110-93(117)41-26-52-112(8)134(127,128)88-38-24-33-80-79(88)45-47-87-95(80)99(4,5)89(114(87)54-28-56-133(124,125)126)39-18-13-19-40-90-100(6,7)96-81-60-78(135(129,130)131)44-42-70(81)43-46-86(96)113(90)53-27-55-132(121,122)123/h1,13,18-19,24,33,38-40,42-47,57-58,60,63-67,71,85H,9-12,14-17,20-23,25-32,34-37,41,48-56,59,61-62H2,2-8H3,(H8-,101,102,107,108,110,111,115,116,117,118,119,120,121,122,123,124,125,126,129,130,131)/p+1/t67-,71+,85+/m1/s1. The summed E-state index contributed by atoms with van der Waals surface area (Å²) < 4.78 is 136. The van der Waals surface area contributed by atoms with Crippen LogP contribution in [0.25, 0.3) is 21.5 Å². The SMILES string of the molecule is [CH][C@H](CCCCCCc1nc2c(cc1CNC(=O)[C@H](CCCCNC(=O)CCC(=O)NCc1cc3c(nc1CCCCCC[C@@H](CC(=O)O)c1cnc(C)nc1)CCCC3)NC(=O)CCCN(C)S(=O)(=O)c1cccc3c4c(ccc13)N(CCCS(=O)(=O)O)/C(=C/C=C/C=C/C1=[N+](CCCS(=O)(=O)O)c3ccc5ccc(S(=O)(=O)O)cc5c3C1(C)C)C4(C)C)CCCN2)c1cnc(C)nc1. The van der Waals surface area contributed by atoms with Crippen LogP contribution < -0.4 is 31.5 Å². The van der Waals surface area contributed by atoms with Crippen molar-refractivity contribution in [3.8, 4) is 0 Å². The Kier molecular flexibility index (Phi) is 35.5. The molecule has 0 unspecified atom stereocenters. The number of carboxylic acid groups (broad SMARTS) is 1. The van der Waals surface area contributed by atoms with Crippen molar-refractivity contribution in [2.45, 2.75) is 273 Å². The summed E-state index contributed by atoms with van der Waals surface area (Å²) >= 11 is 0. The molecule has 12 rings (SSSR count). The summed E-state index contributed by atoms with van der Waals surface area (Å²) in [5.41, 5.74) is 11.2. The Hall–Kier alpha value is -10.7. The average molecular weight is 1930 g/mol. The zero-order valence-corrected chi connectivity index (χ0v) is 81.6. The third-order valence-corrected chi connectivity index (χ3v) is 30.6. The van der Waals surface area contributed by atoms with Gasteiger partial charge in [-0.2, -0.15) is 29.8 Å². The first kappa shape index (κ1) is 103. The molecule has 3 atom stereocenters. The number of benzene rings is 4. The maximum Gasteiger partial charge on any atom is 0.303 e. The maximum absolute atomic E-state index is 15.0. The van der Waals surface area contributed by atoms with Crippen LogP contribution >= 0.6 is 0 Å². The minimum absolute atomic E-state index is 0.00411. The number of fused-ring (bicyclic) bond motifs is 8. The quantitative estimate of drug-likeness (QED) is 0.00740. The molecule has 724 valence electrons. The van der Waals surface area contributed by atoms with Gasteiger partial charge in [-0.3, -0.25) is 42.6 Å². The van der Waals surface area contributed by atoms with Crippen LogP contribution in [0.4, 0.5) is 17.2 Å². The molecule has 2 radical (unpaired) electrons. The molecular weight excluding hydrogens is 1800 g/mol. The van der Waals surface area contributed by atoms with Crippen molar-refractivity contribution >= 4 is 114 Å². The molecule has 0 spiro atoms. The number of carbonyl (C=O) groups excluding carboxylic acids is 4. The maximum atomic E-state index is 15.0. The lowest BCUT2D eigenvalue weighted by Gasteiger charge is -2.27. The average Bonchev–Trinajstić information content (AvgIpc) is 1.57. The van der Waals surface area contributed by atoms with E-state index in [0.29, 0.717) is 81.7 Å². The molecule has 4 aliphatic rings. The number of unbranched alkanes of at least 4 members (excludes halogenated alkanes) is 7. The van der Waals surface area contributed by atoms with E-state index < -0.39 is 86.5 Å².